The molecule has 7 heteroatoms. The highest BCUT2D eigenvalue weighted by Gasteiger charge is 2.38. The Hall–Kier alpha value is -3.13. The topological polar surface area (TPSA) is 102 Å². The van der Waals surface area contributed by atoms with Crippen LogP contribution in [0.1, 0.15) is 44.4 Å². The Morgan fingerprint density at radius 1 is 0.865 bits per heavy atom. The minimum absolute atomic E-state index is 0.255. The number of hydrogen-bond donors (Lipinski definition) is 3. The lowest BCUT2D eigenvalue weighted by Gasteiger charge is -2.36. The van der Waals surface area contributed by atoms with Crippen molar-refractivity contribution in [1.29, 1.82) is 0 Å². The van der Waals surface area contributed by atoms with E-state index in [1.807, 2.05) is 75.4 Å². The Morgan fingerprint density at radius 2 is 1.27 bits per heavy atom. The molecule has 3 aromatic carbocycles. The molecule has 0 heterocycles. The Morgan fingerprint density at radius 3 is 1.62 bits per heavy atom. The Kier molecular flexibility index (Phi) is 9.54. The molecule has 0 saturated heterocycles. The van der Waals surface area contributed by atoms with Crippen LogP contribution in [0, 0.1) is 0 Å². The van der Waals surface area contributed by atoms with Gasteiger partial charge in [0, 0.05) is 5.75 Å². The molecule has 1 amide bonds. The van der Waals surface area contributed by atoms with Gasteiger partial charge in [-0.1, -0.05) is 91.0 Å². The van der Waals surface area contributed by atoms with Gasteiger partial charge in [0.15, 0.2) is 6.04 Å². The Balaban J connectivity index is 1.90. The van der Waals surface area contributed by atoms with Gasteiger partial charge in [0.25, 0.3) is 0 Å². The van der Waals surface area contributed by atoms with Crippen LogP contribution in [0.5, 0.6) is 0 Å². The zero-order valence-corrected chi connectivity index (χ0v) is 22.6. The average molecular weight is 521 g/mol. The molecule has 0 spiro atoms. The Bertz CT molecular complexity index is 1050. The predicted molar refractivity (Wildman–Crippen MR) is 150 cm³/mol. The third-order valence-corrected chi connectivity index (χ3v) is 7.60. The van der Waals surface area contributed by atoms with Crippen LogP contribution in [0.3, 0.4) is 0 Å². The van der Waals surface area contributed by atoms with E-state index >= 15 is 0 Å². The summed E-state index contributed by atoms with van der Waals surface area (Å²) in [5.41, 5.74) is 8.98. The number of nitrogens with one attached hydrogen (secondary N) is 1. The minimum Gasteiger partial charge on any atom is -0.480 e. The van der Waals surface area contributed by atoms with Gasteiger partial charge in [0.05, 0.1) is 22.5 Å². The quantitative estimate of drug-likeness (QED) is 0.314. The molecule has 3 rings (SSSR count). The van der Waals surface area contributed by atoms with Gasteiger partial charge >= 0.3 is 5.97 Å². The summed E-state index contributed by atoms with van der Waals surface area (Å²) in [4.78, 5) is 25.0. The van der Waals surface area contributed by atoms with Crippen LogP contribution in [-0.2, 0) is 19.1 Å². The highest BCUT2D eigenvalue weighted by Crippen LogP contribution is 2.48. The van der Waals surface area contributed by atoms with E-state index in [0.717, 1.165) is 16.7 Å². The first-order valence-corrected chi connectivity index (χ1v) is 13.3. The normalized spacial score (nSPS) is 14.4. The first-order valence-electron chi connectivity index (χ1n) is 12.3. The van der Waals surface area contributed by atoms with Crippen molar-refractivity contribution in [3.05, 3.63) is 108 Å². The zero-order chi connectivity index (χ0) is 27.1. The highest BCUT2D eigenvalue weighted by atomic mass is 32.2. The van der Waals surface area contributed by atoms with Crippen LogP contribution in [0.2, 0.25) is 0 Å². The molecule has 3 atom stereocenters. The van der Waals surface area contributed by atoms with E-state index in [2.05, 4.69) is 41.7 Å². The third-order valence-electron chi connectivity index (χ3n) is 5.93. The number of carboxylic acid groups (broad SMARTS) is 1. The fourth-order valence-corrected chi connectivity index (χ4v) is 5.81. The number of rotatable bonds is 11. The van der Waals surface area contributed by atoms with Gasteiger partial charge in [0.1, 0.15) is 0 Å². The van der Waals surface area contributed by atoms with E-state index in [1.165, 1.54) is 0 Å². The smallest absolute Gasteiger partial charge is 0.328 e. The fourth-order valence-electron chi connectivity index (χ4n) is 4.32. The van der Waals surface area contributed by atoms with Crippen molar-refractivity contribution >= 4 is 23.6 Å². The Labute approximate surface area is 223 Å². The van der Waals surface area contributed by atoms with Crippen LogP contribution in [0.4, 0.5) is 0 Å². The lowest BCUT2D eigenvalue weighted by atomic mass is 9.84. The maximum atomic E-state index is 13.1. The average Bonchev–Trinajstić information content (AvgIpc) is 2.88. The van der Waals surface area contributed by atoms with Gasteiger partial charge in [-0.3, -0.25) is 4.79 Å². The van der Waals surface area contributed by atoms with E-state index in [0.29, 0.717) is 0 Å². The van der Waals surface area contributed by atoms with Crippen molar-refractivity contribution in [1.82, 2.24) is 5.32 Å². The van der Waals surface area contributed by atoms with Crippen LogP contribution in [0.25, 0.3) is 0 Å². The zero-order valence-electron chi connectivity index (χ0n) is 21.8. The fraction of sp³-hybridized carbons (Fsp3) is 0.333. The summed E-state index contributed by atoms with van der Waals surface area (Å²) in [6.07, 6.45) is -0.738. The highest BCUT2D eigenvalue weighted by molar-refractivity contribution is 8.00. The summed E-state index contributed by atoms with van der Waals surface area (Å²) >= 11 is 1.55. The number of benzene rings is 3. The summed E-state index contributed by atoms with van der Waals surface area (Å²) in [5, 5.41) is 12.3. The van der Waals surface area contributed by atoms with Crippen molar-refractivity contribution in [3.8, 4) is 0 Å². The van der Waals surface area contributed by atoms with Gasteiger partial charge in [-0.15, -0.1) is 11.8 Å². The SMILES string of the molecule is C[C@@H](OC(C)(C)C)[C@H](NC(=O)[C@@H](N)CSC(c1ccccc1)(c1ccccc1)c1ccccc1)C(=O)O. The van der Waals surface area contributed by atoms with Crippen LogP contribution >= 0.6 is 11.8 Å². The molecule has 0 radical (unpaired) electrons. The number of thioether (sulfide) groups is 1. The van der Waals surface area contributed by atoms with Crippen molar-refractivity contribution in [2.75, 3.05) is 5.75 Å². The van der Waals surface area contributed by atoms with Crippen molar-refractivity contribution in [3.63, 3.8) is 0 Å². The van der Waals surface area contributed by atoms with Gasteiger partial charge in [-0.05, 0) is 44.4 Å². The number of hydrogen-bond acceptors (Lipinski definition) is 5. The van der Waals surface area contributed by atoms with E-state index < -0.39 is 40.4 Å². The summed E-state index contributed by atoms with van der Waals surface area (Å²) in [6, 6.07) is 28.2. The molecule has 0 aliphatic rings. The molecule has 0 unspecified atom stereocenters. The standard InChI is InChI=1S/C30H36N2O4S/c1-21(36-29(2,3)4)26(28(34)35)32-27(33)25(31)20-37-30(22-14-8-5-9-15-22,23-16-10-6-11-17-23)24-18-12-7-13-19-24/h5-19,21,25-26H,20,31H2,1-4H3,(H,32,33)(H,34,35)/t21-,25+,26+/m1/s1. The largest absolute Gasteiger partial charge is 0.480 e. The molecule has 0 fully saturated rings. The molecule has 4 N–H and O–H groups in total. The molecule has 0 bridgehead atoms. The molecular weight excluding hydrogens is 484 g/mol. The third kappa shape index (κ3) is 7.22. The number of carbonyl (C=O) groups excluding carboxylic acids is 1. The second kappa shape index (κ2) is 12.4. The van der Waals surface area contributed by atoms with Crippen molar-refractivity contribution < 1.29 is 19.4 Å². The van der Waals surface area contributed by atoms with E-state index in [-0.39, 0.29) is 5.75 Å². The molecule has 196 valence electrons. The molecule has 3 aromatic rings. The summed E-state index contributed by atoms with van der Waals surface area (Å²) in [5.74, 6) is -1.45. The molecule has 0 aromatic heterocycles. The summed E-state index contributed by atoms with van der Waals surface area (Å²) < 4.78 is 5.16. The molecule has 0 saturated carbocycles. The van der Waals surface area contributed by atoms with Crippen LogP contribution in [-0.4, -0.2) is 46.5 Å². The molecule has 0 aliphatic heterocycles. The number of nitrogens with two attached hydrogens (primary N) is 1. The number of aliphatic carboxylic acids is 1. The van der Waals surface area contributed by atoms with Crippen LogP contribution < -0.4 is 11.1 Å². The first kappa shape index (κ1) is 28.4. The number of amides is 1. The first-order chi connectivity index (χ1) is 17.5. The number of carbonyl (C=O) groups is 2. The maximum absolute atomic E-state index is 13.1. The molecular formula is C30H36N2O4S. The number of ether oxygens (including phenoxy) is 1. The van der Waals surface area contributed by atoms with Gasteiger partial charge in [-0.2, -0.15) is 0 Å². The molecule has 6 nitrogen and oxygen atoms in total. The predicted octanol–water partition coefficient (Wildman–Crippen LogP) is 4.81. The van der Waals surface area contributed by atoms with E-state index in [4.69, 9.17) is 10.5 Å². The van der Waals surface area contributed by atoms with E-state index in [9.17, 15) is 14.7 Å². The van der Waals surface area contributed by atoms with Gasteiger partial charge in [-0.25, -0.2) is 4.79 Å². The second-order valence-corrected chi connectivity index (χ2v) is 11.2. The summed E-state index contributed by atoms with van der Waals surface area (Å²) in [7, 11) is 0. The maximum Gasteiger partial charge on any atom is 0.328 e. The molecule has 0 aliphatic carbocycles. The van der Waals surface area contributed by atoms with Crippen molar-refractivity contribution in [2.45, 2.75) is 56.2 Å². The van der Waals surface area contributed by atoms with Gasteiger partial charge in [0.2, 0.25) is 5.91 Å². The van der Waals surface area contributed by atoms with Gasteiger partial charge < -0.3 is 20.9 Å². The monoisotopic (exact) mass is 520 g/mol. The lowest BCUT2D eigenvalue weighted by Crippen LogP contribution is -2.55. The summed E-state index contributed by atoms with van der Waals surface area (Å²) in [6.45, 7) is 7.14. The number of carboxylic acids is 1. The van der Waals surface area contributed by atoms with Crippen LogP contribution in [0.15, 0.2) is 91.0 Å². The lowest BCUT2D eigenvalue weighted by molar-refractivity contribution is -0.150. The van der Waals surface area contributed by atoms with Crippen molar-refractivity contribution in [2.24, 2.45) is 5.73 Å². The second-order valence-electron chi connectivity index (χ2n) is 9.96. The van der Waals surface area contributed by atoms with E-state index in [1.54, 1.807) is 18.7 Å². The molecule has 37 heavy (non-hydrogen) atoms. The minimum atomic E-state index is -1.22.